The van der Waals surface area contributed by atoms with E-state index in [2.05, 4.69) is 22.1 Å². The van der Waals surface area contributed by atoms with Gasteiger partial charge in [0.2, 0.25) is 11.8 Å². The summed E-state index contributed by atoms with van der Waals surface area (Å²) in [7, 11) is 2.07. The number of aryl methyl sites for hydroxylation is 1. The largest absolute Gasteiger partial charge is 0.416 e. The molecule has 1 fully saturated rings. The predicted molar refractivity (Wildman–Crippen MR) is 63.8 cm³/mol. The molecule has 2 rings (SSSR count). The predicted octanol–water partition coefficient (Wildman–Crippen LogP) is 0.244. The minimum Gasteiger partial charge on any atom is -0.416 e. The molecule has 1 saturated heterocycles. The van der Waals surface area contributed by atoms with E-state index in [0.717, 1.165) is 26.2 Å². The molecule has 7 heteroatoms. The van der Waals surface area contributed by atoms with Gasteiger partial charge in [0.15, 0.2) is 0 Å². The zero-order valence-electron chi connectivity index (χ0n) is 10.0. The summed E-state index contributed by atoms with van der Waals surface area (Å²) in [5, 5.41) is 8.02. The summed E-state index contributed by atoms with van der Waals surface area (Å²) in [5.41, 5.74) is 0. The number of hydrogen-bond donors (Lipinski definition) is 0. The van der Waals surface area contributed by atoms with Gasteiger partial charge in [0.05, 0.1) is 5.75 Å². The number of carbonyl (C=O) groups excluding carboxylic acids is 1. The fourth-order valence-corrected chi connectivity index (χ4v) is 2.31. The zero-order valence-corrected chi connectivity index (χ0v) is 10.9. The van der Waals surface area contributed by atoms with Gasteiger partial charge in [0.1, 0.15) is 0 Å². The van der Waals surface area contributed by atoms with Crippen molar-refractivity contribution < 1.29 is 9.21 Å². The van der Waals surface area contributed by atoms with Crippen molar-refractivity contribution >= 4 is 17.7 Å². The van der Waals surface area contributed by atoms with E-state index in [1.54, 1.807) is 6.92 Å². The third kappa shape index (κ3) is 3.44. The first-order valence-corrected chi connectivity index (χ1v) is 6.53. The molecular weight excluding hydrogens is 240 g/mol. The number of likely N-dealkylation sites (N-methyl/N-ethyl adjacent to an activating group) is 1. The minimum absolute atomic E-state index is 0.138. The van der Waals surface area contributed by atoms with Crippen molar-refractivity contribution in [1.29, 1.82) is 0 Å². The quantitative estimate of drug-likeness (QED) is 0.722. The van der Waals surface area contributed by atoms with Crippen LogP contribution in [0.1, 0.15) is 5.89 Å². The molecule has 0 saturated carbocycles. The average molecular weight is 256 g/mol. The fourth-order valence-electron chi connectivity index (χ4n) is 1.61. The minimum atomic E-state index is 0.138. The summed E-state index contributed by atoms with van der Waals surface area (Å²) in [4.78, 5) is 16.0. The van der Waals surface area contributed by atoms with Crippen molar-refractivity contribution in [1.82, 2.24) is 20.0 Å². The Morgan fingerprint density at radius 1 is 1.35 bits per heavy atom. The van der Waals surface area contributed by atoms with Crippen LogP contribution in [0.3, 0.4) is 0 Å². The van der Waals surface area contributed by atoms with Gasteiger partial charge in [0.25, 0.3) is 5.22 Å². The Morgan fingerprint density at radius 3 is 2.65 bits per heavy atom. The number of carbonyl (C=O) groups is 1. The molecule has 0 aliphatic carbocycles. The Bertz CT molecular complexity index is 387. The van der Waals surface area contributed by atoms with Crippen molar-refractivity contribution in [2.24, 2.45) is 0 Å². The highest BCUT2D eigenvalue weighted by Gasteiger charge is 2.19. The third-order valence-electron chi connectivity index (χ3n) is 2.68. The van der Waals surface area contributed by atoms with Crippen LogP contribution in [0.2, 0.25) is 0 Å². The second-order valence-corrected chi connectivity index (χ2v) is 4.99. The number of amides is 1. The molecule has 0 radical (unpaired) electrons. The van der Waals surface area contributed by atoms with Crippen molar-refractivity contribution in [2.75, 3.05) is 39.0 Å². The summed E-state index contributed by atoms with van der Waals surface area (Å²) in [6.45, 7) is 5.23. The maximum atomic E-state index is 11.9. The van der Waals surface area contributed by atoms with Crippen LogP contribution in [0.4, 0.5) is 0 Å². The fraction of sp³-hybridized carbons (Fsp3) is 0.700. The molecule has 17 heavy (non-hydrogen) atoms. The topological polar surface area (TPSA) is 62.5 Å². The van der Waals surface area contributed by atoms with Gasteiger partial charge in [-0.25, -0.2) is 0 Å². The maximum absolute atomic E-state index is 11.9. The van der Waals surface area contributed by atoms with Gasteiger partial charge in [-0.3, -0.25) is 4.79 Å². The van der Waals surface area contributed by atoms with Gasteiger partial charge in [-0.05, 0) is 7.05 Å². The first kappa shape index (κ1) is 12.4. The number of thioether (sulfide) groups is 1. The highest BCUT2D eigenvalue weighted by atomic mass is 32.2. The first-order valence-electron chi connectivity index (χ1n) is 5.54. The lowest BCUT2D eigenvalue weighted by Gasteiger charge is -2.32. The van der Waals surface area contributed by atoms with Gasteiger partial charge in [0, 0.05) is 33.1 Å². The van der Waals surface area contributed by atoms with Crippen LogP contribution >= 0.6 is 11.8 Å². The zero-order chi connectivity index (χ0) is 12.3. The molecule has 0 atom stereocenters. The molecule has 1 aliphatic heterocycles. The average Bonchev–Trinajstić information content (AvgIpc) is 2.73. The molecule has 1 amide bonds. The van der Waals surface area contributed by atoms with E-state index in [4.69, 9.17) is 4.42 Å². The molecule has 0 unspecified atom stereocenters. The molecule has 0 N–H and O–H groups in total. The summed E-state index contributed by atoms with van der Waals surface area (Å²) in [6.07, 6.45) is 0. The molecule has 0 bridgehead atoms. The highest BCUT2D eigenvalue weighted by molar-refractivity contribution is 7.99. The van der Waals surface area contributed by atoms with Crippen molar-refractivity contribution in [3.8, 4) is 0 Å². The number of piperazine rings is 1. The number of nitrogens with zero attached hydrogens (tertiary/aromatic N) is 4. The van der Waals surface area contributed by atoms with Gasteiger partial charge in [-0.2, -0.15) is 0 Å². The van der Waals surface area contributed by atoms with Crippen LogP contribution in [0, 0.1) is 6.92 Å². The number of hydrogen-bond acceptors (Lipinski definition) is 6. The van der Waals surface area contributed by atoms with Gasteiger partial charge in [-0.15, -0.1) is 10.2 Å². The Balaban J connectivity index is 1.77. The van der Waals surface area contributed by atoms with Crippen molar-refractivity contribution in [2.45, 2.75) is 12.1 Å². The molecule has 94 valence electrons. The summed E-state index contributed by atoms with van der Waals surface area (Å²) >= 11 is 1.30. The molecule has 1 aromatic rings. The Morgan fingerprint density at radius 2 is 2.06 bits per heavy atom. The van der Waals surface area contributed by atoms with E-state index in [1.807, 2.05) is 4.90 Å². The number of rotatable bonds is 3. The summed E-state index contributed by atoms with van der Waals surface area (Å²) < 4.78 is 5.20. The van der Waals surface area contributed by atoms with Crippen LogP contribution in [-0.2, 0) is 4.79 Å². The molecule has 0 aromatic carbocycles. The Labute approximate surface area is 104 Å². The highest BCUT2D eigenvalue weighted by Crippen LogP contribution is 2.16. The standard InChI is InChI=1S/C10H16N4O2S/c1-8-11-12-10(16-8)17-7-9(15)14-5-3-13(2)4-6-14/h3-7H2,1-2H3. The summed E-state index contributed by atoms with van der Waals surface area (Å²) in [6, 6.07) is 0. The van der Waals surface area contributed by atoms with E-state index in [9.17, 15) is 4.79 Å². The van der Waals surface area contributed by atoms with Crippen LogP contribution in [0.5, 0.6) is 0 Å². The second kappa shape index (κ2) is 5.50. The molecule has 2 heterocycles. The van der Waals surface area contributed by atoms with E-state index < -0.39 is 0 Å². The maximum Gasteiger partial charge on any atom is 0.277 e. The van der Waals surface area contributed by atoms with Crippen LogP contribution in [0.25, 0.3) is 0 Å². The molecule has 1 aliphatic rings. The van der Waals surface area contributed by atoms with Gasteiger partial charge in [-0.1, -0.05) is 11.8 Å². The van der Waals surface area contributed by atoms with E-state index >= 15 is 0 Å². The monoisotopic (exact) mass is 256 g/mol. The second-order valence-electron chi connectivity index (χ2n) is 4.06. The van der Waals surface area contributed by atoms with E-state index in [1.165, 1.54) is 11.8 Å². The van der Waals surface area contributed by atoms with Crippen LogP contribution < -0.4 is 0 Å². The smallest absolute Gasteiger partial charge is 0.277 e. The van der Waals surface area contributed by atoms with E-state index in [-0.39, 0.29) is 5.91 Å². The third-order valence-corrected chi connectivity index (χ3v) is 3.49. The van der Waals surface area contributed by atoms with Gasteiger partial charge >= 0.3 is 0 Å². The van der Waals surface area contributed by atoms with Gasteiger partial charge < -0.3 is 14.2 Å². The van der Waals surface area contributed by atoms with Crippen molar-refractivity contribution in [3.05, 3.63) is 5.89 Å². The first-order chi connectivity index (χ1) is 8.15. The van der Waals surface area contributed by atoms with Crippen LogP contribution in [0.15, 0.2) is 9.64 Å². The lowest BCUT2D eigenvalue weighted by molar-refractivity contribution is -0.129. The molecular formula is C10H16N4O2S. The summed E-state index contributed by atoms with van der Waals surface area (Å²) in [5.74, 6) is 1.03. The molecule has 0 spiro atoms. The number of aromatic nitrogens is 2. The SMILES string of the molecule is Cc1nnc(SCC(=O)N2CCN(C)CC2)o1. The lowest BCUT2D eigenvalue weighted by atomic mass is 10.3. The molecule has 6 nitrogen and oxygen atoms in total. The van der Waals surface area contributed by atoms with Crippen molar-refractivity contribution in [3.63, 3.8) is 0 Å². The normalized spacial score (nSPS) is 17.4. The lowest BCUT2D eigenvalue weighted by Crippen LogP contribution is -2.47. The Kier molecular flexibility index (Phi) is 4.01. The Hall–Kier alpha value is -1.08. The van der Waals surface area contributed by atoms with E-state index in [0.29, 0.717) is 16.9 Å². The molecule has 1 aromatic heterocycles. The van der Waals surface area contributed by atoms with Crippen LogP contribution in [-0.4, -0.2) is 64.9 Å².